The van der Waals surface area contributed by atoms with E-state index in [9.17, 15) is 9.18 Å². The van der Waals surface area contributed by atoms with Gasteiger partial charge in [0.2, 0.25) is 0 Å². The van der Waals surface area contributed by atoms with Gasteiger partial charge in [-0.1, -0.05) is 11.6 Å². The topological polar surface area (TPSA) is 41.1 Å². The van der Waals surface area contributed by atoms with Crippen molar-refractivity contribution in [2.75, 3.05) is 6.54 Å². The van der Waals surface area contributed by atoms with Crippen molar-refractivity contribution in [3.63, 3.8) is 0 Å². The van der Waals surface area contributed by atoms with E-state index in [1.165, 1.54) is 18.2 Å². The predicted octanol–water partition coefficient (Wildman–Crippen LogP) is 1.83. The summed E-state index contributed by atoms with van der Waals surface area (Å²) >= 11 is 5.88. The molecule has 1 aromatic rings. The Balaban J connectivity index is 2.31. The summed E-state index contributed by atoms with van der Waals surface area (Å²) in [4.78, 5) is 10.9. The SMILES string of the molecule is O=C1NC[C@@H](c2cc(F)ccc2Cl)N1. The summed E-state index contributed by atoms with van der Waals surface area (Å²) in [5.74, 6) is -0.356. The predicted molar refractivity (Wildman–Crippen MR) is 50.7 cm³/mol. The molecule has 0 unspecified atom stereocenters. The van der Waals surface area contributed by atoms with Gasteiger partial charge in [-0.3, -0.25) is 0 Å². The molecular formula is C9H8ClFN2O. The molecule has 74 valence electrons. The molecule has 1 aliphatic heterocycles. The van der Waals surface area contributed by atoms with E-state index in [2.05, 4.69) is 10.6 Å². The van der Waals surface area contributed by atoms with Crippen LogP contribution in [0.15, 0.2) is 18.2 Å². The van der Waals surface area contributed by atoms with Crippen molar-refractivity contribution < 1.29 is 9.18 Å². The fraction of sp³-hybridized carbons (Fsp3) is 0.222. The molecular weight excluding hydrogens is 207 g/mol. The van der Waals surface area contributed by atoms with Crippen LogP contribution in [-0.4, -0.2) is 12.6 Å². The monoisotopic (exact) mass is 214 g/mol. The quantitative estimate of drug-likeness (QED) is 0.736. The fourth-order valence-electron chi connectivity index (χ4n) is 1.42. The number of rotatable bonds is 1. The third-order valence-electron chi connectivity index (χ3n) is 2.11. The maximum absolute atomic E-state index is 12.9. The van der Waals surface area contributed by atoms with Gasteiger partial charge < -0.3 is 10.6 Å². The van der Waals surface area contributed by atoms with Crippen LogP contribution in [0, 0.1) is 5.82 Å². The summed E-state index contributed by atoms with van der Waals surface area (Å²) in [7, 11) is 0. The van der Waals surface area contributed by atoms with E-state index in [4.69, 9.17) is 11.6 Å². The average Bonchev–Trinajstić information content (AvgIpc) is 2.56. The number of hydrogen-bond donors (Lipinski definition) is 2. The highest BCUT2D eigenvalue weighted by Crippen LogP contribution is 2.24. The van der Waals surface area contributed by atoms with Crippen LogP contribution in [-0.2, 0) is 0 Å². The van der Waals surface area contributed by atoms with E-state index in [0.717, 1.165) is 0 Å². The van der Waals surface area contributed by atoms with Crippen molar-refractivity contribution in [2.24, 2.45) is 0 Å². The number of carbonyl (C=O) groups is 1. The summed E-state index contributed by atoms with van der Waals surface area (Å²) in [6, 6.07) is 3.61. The summed E-state index contributed by atoms with van der Waals surface area (Å²) < 4.78 is 12.9. The van der Waals surface area contributed by atoms with E-state index < -0.39 is 0 Å². The summed E-state index contributed by atoms with van der Waals surface area (Å²) in [5, 5.41) is 5.68. The Labute approximate surface area is 85.3 Å². The van der Waals surface area contributed by atoms with Crippen molar-refractivity contribution in [3.05, 3.63) is 34.6 Å². The lowest BCUT2D eigenvalue weighted by Crippen LogP contribution is -2.21. The molecule has 2 rings (SSSR count). The Morgan fingerprint density at radius 3 is 2.93 bits per heavy atom. The molecule has 0 radical (unpaired) electrons. The Kier molecular flexibility index (Phi) is 2.29. The van der Waals surface area contributed by atoms with Crippen LogP contribution in [0.2, 0.25) is 5.02 Å². The van der Waals surface area contributed by atoms with Crippen LogP contribution < -0.4 is 10.6 Å². The summed E-state index contributed by atoms with van der Waals surface area (Å²) in [6.45, 7) is 0.433. The normalized spacial score (nSPS) is 20.4. The second-order valence-corrected chi connectivity index (χ2v) is 3.48. The highest BCUT2D eigenvalue weighted by Gasteiger charge is 2.23. The maximum atomic E-state index is 12.9. The van der Waals surface area contributed by atoms with Crippen LogP contribution in [0.1, 0.15) is 11.6 Å². The summed E-state index contributed by atoms with van der Waals surface area (Å²) in [5.41, 5.74) is 0.602. The fourth-order valence-corrected chi connectivity index (χ4v) is 1.67. The molecule has 1 atom stereocenters. The molecule has 0 bridgehead atoms. The molecule has 0 aliphatic carbocycles. The molecule has 0 spiro atoms. The van der Waals surface area contributed by atoms with Gasteiger partial charge in [-0.25, -0.2) is 9.18 Å². The number of amides is 2. The number of nitrogens with one attached hydrogen (secondary N) is 2. The number of hydrogen-bond acceptors (Lipinski definition) is 1. The van der Waals surface area contributed by atoms with Crippen LogP contribution in [0.5, 0.6) is 0 Å². The first kappa shape index (κ1) is 9.27. The van der Waals surface area contributed by atoms with Crippen molar-refractivity contribution >= 4 is 17.6 Å². The first-order chi connectivity index (χ1) is 6.66. The lowest BCUT2D eigenvalue weighted by atomic mass is 10.1. The molecule has 0 saturated carbocycles. The average molecular weight is 215 g/mol. The van der Waals surface area contributed by atoms with E-state index in [0.29, 0.717) is 17.1 Å². The van der Waals surface area contributed by atoms with Crippen molar-refractivity contribution in [3.8, 4) is 0 Å². The molecule has 5 heteroatoms. The van der Waals surface area contributed by atoms with Gasteiger partial charge >= 0.3 is 6.03 Å². The van der Waals surface area contributed by atoms with Gasteiger partial charge in [0, 0.05) is 11.6 Å². The number of carbonyl (C=O) groups excluding carboxylic acids is 1. The molecule has 1 saturated heterocycles. The zero-order chi connectivity index (χ0) is 10.1. The van der Waals surface area contributed by atoms with Crippen molar-refractivity contribution in [2.45, 2.75) is 6.04 Å². The zero-order valence-corrected chi connectivity index (χ0v) is 7.94. The van der Waals surface area contributed by atoms with Gasteiger partial charge in [0.1, 0.15) is 5.82 Å². The second kappa shape index (κ2) is 3.46. The van der Waals surface area contributed by atoms with E-state index in [1.54, 1.807) is 0 Å². The molecule has 2 amide bonds. The van der Waals surface area contributed by atoms with E-state index in [-0.39, 0.29) is 17.9 Å². The largest absolute Gasteiger partial charge is 0.336 e. The molecule has 1 heterocycles. The smallest absolute Gasteiger partial charge is 0.315 e. The Morgan fingerprint density at radius 2 is 2.29 bits per heavy atom. The minimum absolute atomic E-state index is 0.245. The van der Waals surface area contributed by atoms with E-state index in [1.807, 2.05) is 0 Å². The highest BCUT2D eigenvalue weighted by atomic mass is 35.5. The number of benzene rings is 1. The standard InChI is InChI=1S/C9H8ClFN2O/c10-7-2-1-5(11)3-6(7)8-4-12-9(14)13-8/h1-3,8H,4H2,(H2,12,13,14)/t8-/m0/s1. The van der Waals surface area contributed by atoms with Gasteiger partial charge in [0.15, 0.2) is 0 Å². The highest BCUT2D eigenvalue weighted by molar-refractivity contribution is 6.31. The first-order valence-electron chi connectivity index (χ1n) is 4.16. The van der Waals surface area contributed by atoms with Crippen LogP contribution >= 0.6 is 11.6 Å². The molecule has 1 aliphatic rings. The van der Waals surface area contributed by atoms with E-state index >= 15 is 0 Å². The first-order valence-corrected chi connectivity index (χ1v) is 4.54. The van der Waals surface area contributed by atoms with Crippen LogP contribution in [0.25, 0.3) is 0 Å². The molecule has 1 aromatic carbocycles. The molecule has 1 fully saturated rings. The Morgan fingerprint density at radius 1 is 1.50 bits per heavy atom. The third-order valence-corrected chi connectivity index (χ3v) is 2.45. The van der Waals surface area contributed by atoms with Gasteiger partial charge in [-0.05, 0) is 23.8 Å². The molecule has 0 aromatic heterocycles. The maximum Gasteiger partial charge on any atom is 0.315 e. The number of urea groups is 1. The Hall–Kier alpha value is -1.29. The second-order valence-electron chi connectivity index (χ2n) is 3.07. The van der Waals surface area contributed by atoms with Gasteiger partial charge in [-0.2, -0.15) is 0 Å². The van der Waals surface area contributed by atoms with Gasteiger partial charge in [0.05, 0.1) is 6.04 Å². The van der Waals surface area contributed by atoms with Gasteiger partial charge in [-0.15, -0.1) is 0 Å². The minimum Gasteiger partial charge on any atom is -0.336 e. The van der Waals surface area contributed by atoms with Crippen molar-refractivity contribution in [1.82, 2.24) is 10.6 Å². The van der Waals surface area contributed by atoms with Gasteiger partial charge in [0.25, 0.3) is 0 Å². The number of halogens is 2. The third kappa shape index (κ3) is 1.65. The zero-order valence-electron chi connectivity index (χ0n) is 7.18. The lowest BCUT2D eigenvalue weighted by molar-refractivity contribution is 0.247. The van der Waals surface area contributed by atoms with Crippen LogP contribution in [0.4, 0.5) is 9.18 Å². The molecule has 3 nitrogen and oxygen atoms in total. The lowest BCUT2D eigenvalue weighted by Gasteiger charge is -2.10. The Bertz CT molecular complexity index is 383. The van der Waals surface area contributed by atoms with Crippen molar-refractivity contribution in [1.29, 1.82) is 0 Å². The summed E-state index contributed by atoms with van der Waals surface area (Å²) in [6.07, 6.45) is 0. The molecule has 2 N–H and O–H groups in total. The molecule has 14 heavy (non-hydrogen) atoms. The van der Waals surface area contributed by atoms with Crippen LogP contribution in [0.3, 0.4) is 0 Å². The minimum atomic E-state index is -0.356.